The van der Waals surface area contributed by atoms with Gasteiger partial charge in [0.05, 0.1) is 0 Å². The zero-order valence-electron chi connectivity index (χ0n) is 16.4. The quantitative estimate of drug-likeness (QED) is 0.253. The van der Waals surface area contributed by atoms with Gasteiger partial charge in [-0.05, 0) is 41.7 Å². The number of carbonyl (C=O) groups excluding carboxylic acids is 1. The molecule has 0 aliphatic carbocycles. The second kappa shape index (κ2) is 9.57. The van der Waals surface area contributed by atoms with Crippen molar-refractivity contribution in [1.29, 1.82) is 0 Å². The zero-order chi connectivity index (χ0) is 21.7. The fraction of sp³-hybridized carbons (Fsp3) is 0.208. The minimum absolute atomic E-state index is 0.0209. The Morgan fingerprint density at radius 3 is 2.23 bits per heavy atom. The van der Waals surface area contributed by atoms with Crippen LogP contribution in [-0.2, 0) is 17.6 Å². The topological polar surface area (TPSA) is 26.3 Å². The van der Waals surface area contributed by atoms with E-state index in [0.717, 1.165) is 24.1 Å². The van der Waals surface area contributed by atoms with Crippen LogP contribution in [0.5, 0.6) is 5.75 Å². The largest absolute Gasteiger partial charge is 0.426 e. The predicted octanol–water partition coefficient (Wildman–Crippen LogP) is 6.40. The molecule has 30 heavy (non-hydrogen) atoms. The van der Waals surface area contributed by atoms with Crippen LogP contribution in [0.1, 0.15) is 30.9 Å². The Bertz CT molecular complexity index is 1050. The van der Waals surface area contributed by atoms with Gasteiger partial charge in [0.15, 0.2) is 23.3 Å². The van der Waals surface area contributed by atoms with Crippen LogP contribution in [0, 0.1) is 23.3 Å². The van der Waals surface area contributed by atoms with Gasteiger partial charge in [-0.2, -0.15) is 0 Å². The summed E-state index contributed by atoms with van der Waals surface area (Å²) in [6.07, 6.45) is 1.56. The van der Waals surface area contributed by atoms with Gasteiger partial charge in [-0.1, -0.05) is 49.7 Å². The first-order valence-corrected chi connectivity index (χ1v) is 9.61. The Hall–Kier alpha value is -3.15. The molecule has 0 saturated carbocycles. The maximum Gasteiger partial charge on any atom is 0.311 e. The summed E-state index contributed by atoms with van der Waals surface area (Å²) in [6, 6.07) is 12.8. The monoisotopic (exact) mass is 416 g/mol. The van der Waals surface area contributed by atoms with Crippen molar-refractivity contribution in [3.05, 3.63) is 89.0 Å². The van der Waals surface area contributed by atoms with Gasteiger partial charge in [-0.3, -0.25) is 4.79 Å². The summed E-state index contributed by atoms with van der Waals surface area (Å²) in [5.41, 5.74) is 1.86. The van der Waals surface area contributed by atoms with Crippen molar-refractivity contribution in [1.82, 2.24) is 0 Å². The summed E-state index contributed by atoms with van der Waals surface area (Å²) >= 11 is 0. The van der Waals surface area contributed by atoms with Crippen LogP contribution in [0.4, 0.5) is 17.6 Å². The van der Waals surface area contributed by atoms with Gasteiger partial charge < -0.3 is 4.74 Å². The third-order valence-electron chi connectivity index (χ3n) is 4.69. The average Bonchev–Trinajstić information content (AvgIpc) is 2.73. The van der Waals surface area contributed by atoms with Gasteiger partial charge in [0.1, 0.15) is 5.75 Å². The van der Waals surface area contributed by atoms with Gasteiger partial charge in [-0.15, -0.1) is 0 Å². The summed E-state index contributed by atoms with van der Waals surface area (Å²) in [5, 5.41) is 0. The standard InChI is InChI=1S/C24H20F4O2/c1-2-3-17-9-11-19(24(28)23(17)27)16-7-4-15(5-8-16)6-13-22(29)30-18-10-12-20(25)21(26)14-18/h4-5,7-12,14H,2-3,6,13H2,1H3. The maximum absolute atomic E-state index is 14.4. The number of ether oxygens (including phenoxy) is 1. The van der Waals surface area contributed by atoms with E-state index in [1.165, 1.54) is 6.07 Å². The SMILES string of the molecule is CCCc1ccc(-c2ccc(CCC(=O)Oc3ccc(F)c(F)c3)cc2)c(F)c1F. The molecule has 0 aliphatic rings. The molecule has 3 aromatic carbocycles. The van der Waals surface area contributed by atoms with Crippen LogP contribution < -0.4 is 4.74 Å². The van der Waals surface area contributed by atoms with Crippen molar-refractivity contribution in [3.63, 3.8) is 0 Å². The molecule has 0 fully saturated rings. The third-order valence-corrected chi connectivity index (χ3v) is 4.69. The molecule has 0 saturated heterocycles. The molecule has 0 amide bonds. The van der Waals surface area contributed by atoms with Gasteiger partial charge in [0, 0.05) is 18.1 Å². The third kappa shape index (κ3) is 5.06. The molecule has 0 spiro atoms. The Balaban J connectivity index is 1.62. The van der Waals surface area contributed by atoms with E-state index in [9.17, 15) is 22.4 Å². The number of rotatable bonds is 7. The minimum atomic E-state index is -1.10. The van der Waals surface area contributed by atoms with Crippen LogP contribution in [0.25, 0.3) is 11.1 Å². The number of aryl methyl sites for hydroxylation is 2. The van der Waals surface area contributed by atoms with Crippen LogP contribution in [0.15, 0.2) is 54.6 Å². The number of halogens is 4. The molecular formula is C24H20F4O2. The van der Waals surface area contributed by atoms with Crippen molar-refractivity contribution in [2.24, 2.45) is 0 Å². The summed E-state index contributed by atoms with van der Waals surface area (Å²) in [4.78, 5) is 11.9. The fourth-order valence-electron chi connectivity index (χ4n) is 3.10. The Kier molecular flexibility index (Phi) is 6.87. The van der Waals surface area contributed by atoms with E-state index < -0.39 is 29.2 Å². The molecule has 156 valence electrons. The molecule has 0 heterocycles. The molecule has 0 aromatic heterocycles. The number of benzene rings is 3. The van der Waals surface area contributed by atoms with Gasteiger partial charge in [0.25, 0.3) is 0 Å². The van der Waals surface area contributed by atoms with Crippen LogP contribution in [0.2, 0.25) is 0 Å². The lowest BCUT2D eigenvalue weighted by molar-refractivity contribution is -0.134. The Morgan fingerprint density at radius 1 is 0.833 bits per heavy atom. The number of esters is 1. The molecular weight excluding hydrogens is 396 g/mol. The second-order valence-corrected chi connectivity index (χ2v) is 6.90. The summed E-state index contributed by atoms with van der Waals surface area (Å²) in [7, 11) is 0. The Morgan fingerprint density at radius 2 is 1.57 bits per heavy atom. The second-order valence-electron chi connectivity index (χ2n) is 6.90. The summed E-state index contributed by atoms with van der Waals surface area (Å²) in [6.45, 7) is 1.90. The van der Waals surface area contributed by atoms with E-state index in [1.807, 2.05) is 6.92 Å². The molecule has 0 radical (unpaired) electrons. The molecule has 0 aliphatic heterocycles. The van der Waals surface area contributed by atoms with Crippen LogP contribution in [0.3, 0.4) is 0 Å². The van der Waals surface area contributed by atoms with Crippen molar-refractivity contribution < 1.29 is 27.1 Å². The number of hydrogen-bond donors (Lipinski definition) is 0. The lowest BCUT2D eigenvalue weighted by atomic mass is 9.99. The van der Waals surface area contributed by atoms with E-state index in [0.29, 0.717) is 24.0 Å². The predicted molar refractivity (Wildman–Crippen MR) is 106 cm³/mol. The van der Waals surface area contributed by atoms with E-state index in [-0.39, 0.29) is 17.7 Å². The number of carbonyl (C=O) groups is 1. The van der Waals surface area contributed by atoms with E-state index >= 15 is 0 Å². The fourth-order valence-corrected chi connectivity index (χ4v) is 3.10. The molecule has 2 nitrogen and oxygen atoms in total. The van der Waals surface area contributed by atoms with E-state index in [1.54, 1.807) is 36.4 Å². The molecule has 3 rings (SSSR count). The molecule has 3 aromatic rings. The first-order chi connectivity index (χ1) is 14.4. The van der Waals surface area contributed by atoms with Crippen LogP contribution >= 0.6 is 0 Å². The Labute approximate surface area is 172 Å². The first kappa shape index (κ1) is 21.6. The lowest BCUT2D eigenvalue weighted by Gasteiger charge is -2.09. The average molecular weight is 416 g/mol. The number of hydrogen-bond acceptors (Lipinski definition) is 2. The molecule has 0 bridgehead atoms. The normalized spacial score (nSPS) is 10.8. The van der Waals surface area contributed by atoms with Crippen molar-refractivity contribution in [2.45, 2.75) is 32.6 Å². The van der Waals surface area contributed by atoms with E-state index in [4.69, 9.17) is 4.74 Å². The lowest BCUT2D eigenvalue weighted by Crippen LogP contribution is -2.09. The van der Waals surface area contributed by atoms with Gasteiger partial charge >= 0.3 is 5.97 Å². The minimum Gasteiger partial charge on any atom is -0.426 e. The zero-order valence-corrected chi connectivity index (χ0v) is 16.4. The highest BCUT2D eigenvalue weighted by molar-refractivity contribution is 5.72. The molecule has 0 unspecified atom stereocenters. The van der Waals surface area contributed by atoms with E-state index in [2.05, 4.69) is 0 Å². The van der Waals surface area contributed by atoms with Gasteiger partial charge in [0.2, 0.25) is 0 Å². The van der Waals surface area contributed by atoms with Crippen molar-refractivity contribution >= 4 is 5.97 Å². The molecule has 0 N–H and O–H groups in total. The first-order valence-electron chi connectivity index (χ1n) is 9.61. The highest BCUT2D eigenvalue weighted by atomic mass is 19.2. The molecule has 6 heteroatoms. The molecule has 0 atom stereocenters. The summed E-state index contributed by atoms with van der Waals surface area (Å²) < 4.78 is 59.6. The highest BCUT2D eigenvalue weighted by Gasteiger charge is 2.14. The van der Waals surface area contributed by atoms with Crippen LogP contribution in [-0.4, -0.2) is 5.97 Å². The highest BCUT2D eigenvalue weighted by Crippen LogP contribution is 2.27. The van der Waals surface area contributed by atoms with Crippen molar-refractivity contribution in [2.75, 3.05) is 0 Å². The summed E-state index contributed by atoms with van der Waals surface area (Å²) in [5.74, 6) is -4.47. The van der Waals surface area contributed by atoms with Gasteiger partial charge in [-0.25, -0.2) is 17.6 Å². The smallest absolute Gasteiger partial charge is 0.311 e. The van der Waals surface area contributed by atoms with Crippen molar-refractivity contribution in [3.8, 4) is 16.9 Å². The maximum atomic E-state index is 14.4.